The fourth-order valence-electron chi connectivity index (χ4n) is 3.17. The molecule has 0 radical (unpaired) electrons. The van der Waals surface area contributed by atoms with Crippen LogP contribution < -0.4 is 44.7 Å². The Morgan fingerprint density at radius 2 is 1.94 bits per heavy atom. The molecule has 0 amide bonds. The number of ether oxygens (including phenoxy) is 1. The Kier molecular flexibility index (Phi) is 6.43. The van der Waals surface area contributed by atoms with Gasteiger partial charge in [-0.2, -0.15) is 0 Å². The SMILES string of the molecule is O=C([O-])C1(COc2ncc(-c3ccc(Nc4nc5ccccc5s4)cc3F)cn2)CC1.[Na+]. The molecule has 32 heavy (non-hydrogen) atoms. The second kappa shape index (κ2) is 9.11. The average Bonchev–Trinajstić information content (AvgIpc) is 3.46. The van der Waals surface area contributed by atoms with Gasteiger partial charge >= 0.3 is 35.6 Å². The van der Waals surface area contributed by atoms with E-state index in [4.69, 9.17) is 4.74 Å². The number of aliphatic carboxylic acids is 1. The Morgan fingerprint density at radius 3 is 2.59 bits per heavy atom. The van der Waals surface area contributed by atoms with Crippen LogP contribution in [0.15, 0.2) is 54.9 Å². The van der Waals surface area contributed by atoms with Crippen LogP contribution in [0.1, 0.15) is 12.8 Å². The maximum atomic E-state index is 14.7. The molecule has 156 valence electrons. The summed E-state index contributed by atoms with van der Waals surface area (Å²) in [5.41, 5.74) is 1.37. The second-order valence-corrected chi connectivity index (χ2v) is 8.45. The van der Waals surface area contributed by atoms with E-state index in [9.17, 15) is 14.3 Å². The Balaban J connectivity index is 0.00000245. The van der Waals surface area contributed by atoms with Crippen molar-refractivity contribution < 1.29 is 48.6 Å². The number of para-hydroxylation sites is 1. The first-order valence-electron chi connectivity index (χ1n) is 9.61. The van der Waals surface area contributed by atoms with Crippen molar-refractivity contribution in [3.05, 3.63) is 60.7 Å². The summed E-state index contributed by atoms with van der Waals surface area (Å²) in [4.78, 5) is 23.7. The van der Waals surface area contributed by atoms with E-state index < -0.39 is 17.2 Å². The summed E-state index contributed by atoms with van der Waals surface area (Å²) in [5, 5.41) is 14.9. The van der Waals surface area contributed by atoms with Gasteiger partial charge in [0, 0.05) is 34.6 Å². The molecule has 2 aromatic heterocycles. The summed E-state index contributed by atoms with van der Waals surface area (Å²) in [6.45, 7) is -0.0326. The number of anilines is 2. The summed E-state index contributed by atoms with van der Waals surface area (Å²) in [6, 6.07) is 12.6. The normalized spacial score (nSPS) is 13.9. The molecule has 2 heterocycles. The first-order valence-corrected chi connectivity index (χ1v) is 10.4. The van der Waals surface area contributed by atoms with Gasteiger partial charge in [0.1, 0.15) is 12.4 Å². The van der Waals surface area contributed by atoms with Gasteiger partial charge in [-0.1, -0.05) is 23.5 Å². The molecule has 0 unspecified atom stereocenters. The third-order valence-electron chi connectivity index (χ3n) is 5.22. The molecule has 2 aromatic carbocycles. The van der Waals surface area contributed by atoms with Crippen molar-refractivity contribution in [2.24, 2.45) is 5.41 Å². The number of halogens is 1. The summed E-state index contributed by atoms with van der Waals surface area (Å²) in [5.74, 6) is -1.55. The molecule has 1 fully saturated rings. The number of nitrogens with zero attached hydrogens (tertiary/aromatic N) is 3. The molecule has 0 aliphatic heterocycles. The zero-order valence-corrected chi connectivity index (χ0v) is 20.0. The Labute approximate surface area is 209 Å². The molecule has 0 saturated heterocycles. The van der Waals surface area contributed by atoms with Crippen molar-refractivity contribution in [3.8, 4) is 17.1 Å². The zero-order chi connectivity index (χ0) is 21.4. The summed E-state index contributed by atoms with van der Waals surface area (Å²) in [6.07, 6.45) is 3.94. The first-order chi connectivity index (χ1) is 15.0. The number of carboxylic acid groups (broad SMARTS) is 1. The number of fused-ring (bicyclic) bond motifs is 1. The molecular weight excluding hydrogens is 442 g/mol. The molecule has 1 saturated carbocycles. The van der Waals surface area contributed by atoms with Crippen LogP contribution in [0.25, 0.3) is 21.3 Å². The molecule has 0 atom stereocenters. The summed E-state index contributed by atoms with van der Waals surface area (Å²) in [7, 11) is 0. The number of benzene rings is 2. The molecule has 7 nitrogen and oxygen atoms in total. The zero-order valence-electron chi connectivity index (χ0n) is 17.2. The minimum absolute atomic E-state index is 0. The van der Waals surface area contributed by atoms with Gasteiger partial charge in [0.2, 0.25) is 0 Å². The van der Waals surface area contributed by atoms with Crippen LogP contribution >= 0.6 is 11.3 Å². The number of carbonyl (C=O) groups excluding carboxylic acids is 1. The quantitative estimate of drug-likeness (QED) is 0.404. The van der Waals surface area contributed by atoms with Crippen LogP contribution in [0.4, 0.5) is 15.2 Å². The number of carboxylic acids is 1. The largest absolute Gasteiger partial charge is 1.00 e. The molecule has 4 aromatic rings. The minimum Gasteiger partial charge on any atom is -0.549 e. The third-order valence-corrected chi connectivity index (χ3v) is 6.17. The summed E-state index contributed by atoms with van der Waals surface area (Å²) >= 11 is 1.49. The number of thiazole rings is 1. The van der Waals surface area contributed by atoms with Crippen LogP contribution in [0, 0.1) is 11.2 Å². The maximum absolute atomic E-state index is 14.7. The number of carbonyl (C=O) groups is 1. The fourth-order valence-corrected chi connectivity index (χ4v) is 4.05. The Hall–Kier alpha value is -2.59. The smallest absolute Gasteiger partial charge is 0.549 e. The molecule has 1 N–H and O–H groups in total. The second-order valence-electron chi connectivity index (χ2n) is 7.42. The predicted octanol–water partition coefficient (Wildman–Crippen LogP) is 0.549. The monoisotopic (exact) mass is 458 g/mol. The van der Waals surface area contributed by atoms with Gasteiger partial charge in [-0.3, -0.25) is 0 Å². The molecule has 1 aliphatic rings. The van der Waals surface area contributed by atoms with Crippen LogP contribution in [0.3, 0.4) is 0 Å². The van der Waals surface area contributed by atoms with Gasteiger partial charge in [-0.05, 0) is 43.2 Å². The number of hydrogen-bond acceptors (Lipinski definition) is 8. The van der Waals surface area contributed by atoms with Crippen molar-refractivity contribution in [1.29, 1.82) is 0 Å². The van der Waals surface area contributed by atoms with Crippen molar-refractivity contribution >= 4 is 38.3 Å². The number of hydrogen-bond donors (Lipinski definition) is 1. The fraction of sp³-hybridized carbons (Fsp3) is 0.182. The van der Waals surface area contributed by atoms with E-state index in [0.717, 1.165) is 10.2 Å². The van der Waals surface area contributed by atoms with Gasteiger partial charge in [-0.15, -0.1) is 0 Å². The van der Waals surface area contributed by atoms with E-state index in [2.05, 4.69) is 20.3 Å². The molecular formula is C22H16FN4NaO3S. The number of aromatic nitrogens is 3. The molecule has 0 bridgehead atoms. The van der Waals surface area contributed by atoms with Crippen LogP contribution in [-0.2, 0) is 4.79 Å². The average molecular weight is 458 g/mol. The van der Waals surface area contributed by atoms with E-state index >= 15 is 0 Å². The van der Waals surface area contributed by atoms with Gasteiger partial charge < -0.3 is 20.0 Å². The number of rotatable bonds is 7. The van der Waals surface area contributed by atoms with E-state index in [1.54, 1.807) is 12.1 Å². The Morgan fingerprint density at radius 1 is 1.19 bits per heavy atom. The van der Waals surface area contributed by atoms with E-state index in [1.165, 1.54) is 29.8 Å². The number of nitrogens with one attached hydrogen (secondary N) is 1. The van der Waals surface area contributed by atoms with E-state index in [0.29, 0.717) is 34.8 Å². The standard InChI is InChI=1S/C22H17FN4O3S.Na/c23-16-9-14(26-21-27-17-3-1-2-4-18(17)31-21)5-6-15(16)13-10-24-20(25-11-13)30-12-22(7-8-22)19(28)29;/h1-6,9-11H,7-8,12H2,(H,26,27)(H,28,29);/q;+1/p-1. The molecule has 1 aliphatic carbocycles. The van der Waals surface area contributed by atoms with Crippen molar-refractivity contribution in [3.63, 3.8) is 0 Å². The summed E-state index contributed by atoms with van der Waals surface area (Å²) < 4.78 is 21.2. The van der Waals surface area contributed by atoms with Crippen molar-refractivity contribution in [2.45, 2.75) is 12.8 Å². The van der Waals surface area contributed by atoms with Crippen molar-refractivity contribution in [2.75, 3.05) is 11.9 Å². The van der Waals surface area contributed by atoms with E-state index in [1.807, 2.05) is 24.3 Å². The molecule has 0 spiro atoms. The van der Waals surface area contributed by atoms with Gasteiger partial charge in [-0.25, -0.2) is 19.3 Å². The van der Waals surface area contributed by atoms with Crippen molar-refractivity contribution in [1.82, 2.24) is 15.0 Å². The van der Waals surface area contributed by atoms with Crippen LogP contribution in [-0.4, -0.2) is 27.5 Å². The van der Waals surface area contributed by atoms with Crippen LogP contribution in [0.5, 0.6) is 6.01 Å². The minimum atomic E-state index is -1.12. The first kappa shape index (κ1) is 22.6. The van der Waals surface area contributed by atoms with Gasteiger partial charge in [0.15, 0.2) is 5.13 Å². The third kappa shape index (κ3) is 4.61. The van der Waals surface area contributed by atoms with Gasteiger partial charge in [0.05, 0.1) is 16.2 Å². The Bertz CT molecular complexity index is 1240. The van der Waals surface area contributed by atoms with Crippen LogP contribution in [0.2, 0.25) is 0 Å². The topological polar surface area (TPSA) is 100 Å². The molecule has 5 rings (SSSR count). The van der Waals surface area contributed by atoms with Gasteiger partial charge in [0.25, 0.3) is 0 Å². The predicted molar refractivity (Wildman–Crippen MR) is 112 cm³/mol. The molecule has 10 heteroatoms. The maximum Gasteiger partial charge on any atom is 1.00 e. The van der Waals surface area contributed by atoms with E-state index in [-0.39, 0.29) is 42.2 Å².